The Morgan fingerprint density at radius 3 is 2.75 bits per heavy atom. The fraction of sp³-hybridized carbons (Fsp3) is 0.200. The van der Waals surface area contributed by atoms with E-state index in [1.54, 1.807) is 6.07 Å². The van der Waals surface area contributed by atoms with Gasteiger partial charge < -0.3 is 25.4 Å². The van der Waals surface area contributed by atoms with Crippen LogP contribution in [0, 0.1) is 0 Å². The normalized spacial score (nSPS) is 15.8. The number of carbonyl (C=O) groups excluding carboxylic acids is 2. The Labute approximate surface area is 178 Å². The molecular formula is C20H16F3N5O4. The molecule has 9 nitrogen and oxygen atoms in total. The number of methoxy groups -OCH3 is 1. The molecule has 0 bridgehead atoms. The molecule has 1 fully saturated rings. The molecule has 2 heterocycles. The zero-order valence-electron chi connectivity index (χ0n) is 16.5. The summed E-state index contributed by atoms with van der Waals surface area (Å²) in [6, 6.07) is 6.88. The molecule has 4 rings (SSSR count). The minimum Gasteiger partial charge on any atom is -0.494 e. The van der Waals surface area contributed by atoms with Gasteiger partial charge in [-0.1, -0.05) is 6.07 Å². The predicted octanol–water partition coefficient (Wildman–Crippen LogP) is 3.45. The first-order chi connectivity index (χ1) is 15.2. The van der Waals surface area contributed by atoms with Crippen LogP contribution in [0.2, 0.25) is 0 Å². The Morgan fingerprint density at radius 2 is 2.06 bits per heavy atom. The van der Waals surface area contributed by atoms with Gasteiger partial charge in [0.1, 0.15) is 30.5 Å². The lowest BCUT2D eigenvalue weighted by atomic mass is 10.1. The number of alkyl halides is 3. The van der Waals surface area contributed by atoms with Gasteiger partial charge in [-0.25, -0.2) is 14.8 Å². The average Bonchev–Trinajstić information content (AvgIpc) is 3.20. The Balaban J connectivity index is 1.68. The standard InChI is InChI=1S/C20H16F3N5O4/c1-31-16-7-13-12(6-14(16)27-18(29)15-8-32-19(30)28-15)17(25-9-24-13)26-11-4-2-3-10(5-11)20(21,22)23/h2-7,9,15H,8H2,1H3,(H,27,29)(H,28,30)(H,24,25,26)/t15-/m0/s1. The fourth-order valence-electron chi connectivity index (χ4n) is 3.11. The molecule has 0 radical (unpaired) electrons. The van der Waals surface area contributed by atoms with Crippen molar-refractivity contribution in [2.45, 2.75) is 12.2 Å². The van der Waals surface area contributed by atoms with Crippen LogP contribution >= 0.6 is 0 Å². The van der Waals surface area contributed by atoms with Crippen LogP contribution in [0.1, 0.15) is 5.56 Å². The molecule has 2 amide bonds. The first-order valence-electron chi connectivity index (χ1n) is 9.26. The Kier molecular flexibility index (Phi) is 5.43. The molecule has 1 atom stereocenters. The Hall–Kier alpha value is -4.09. The van der Waals surface area contributed by atoms with E-state index in [1.165, 1.54) is 31.6 Å². The molecule has 0 unspecified atom stereocenters. The van der Waals surface area contributed by atoms with Crippen molar-refractivity contribution in [2.24, 2.45) is 0 Å². The van der Waals surface area contributed by atoms with Crippen LogP contribution in [0.4, 0.5) is 35.2 Å². The highest BCUT2D eigenvalue weighted by molar-refractivity contribution is 6.02. The molecule has 3 N–H and O–H groups in total. The van der Waals surface area contributed by atoms with Crippen molar-refractivity contribution >= 4 is 40.1 Å². The number of carbonyl (C=O) groups is 2. The third-order valence-corrected chi connectivity index (χ3v) is 4.66. The van der Waals surface area contributed by atoms with Crippen LogP contribution in [0.5, 0.6) is 5.75 Å². The van der Waals surface area contributed by atoms with E-state index in [0.29, 0.717) is 16.7 Å². The van der Waals surface area contributed by atoms with Crippen LogP contribution in [-0.4, -0.2) is 41.7 Å². The summed E-state index contributed by atoms with van der Waals surface area (Å²) < 4.78 is 49.1. The van der Waals surface area contributed by atoms with E-state index >= 15 is 0 Å². The van der Waals surface area contributed by atoms with Crippen molar-refractivity contribution in [3.63, 3.8) is 0 Å². The van der Waals surface area contributed by atoms with E-state index in [0.717, 1.165) is 12.1 Å². The number of aromatic nitrogens is 2. The fourth-order valence-corrected chi connectivity index (χ4v) is 3.11. The third kappa shape index (κ3) is 4.33. The van der Waals surface area contributed by atoms with Crippen molar-refractivity contribution in [3.05, 3.63) is 48.3 Å². The van der Waals surface area contributed by atoms with Gasteiger partial charge in [-0.15, -0.1) is 0 Å². The molecule has 166 valence electrons. The number of amides is 2. The van der Waals surface area contributed by atoms with Crippen molar-refractivity contribution in [3.8, 4) is 5.75 Å². The number of alkyl carbamates (subject to hydrolysis) is 1. The summed E-state index contributed by atoms with van der Waals surface area (Å²) in [7, 11) is 1.40. The van der Waals surface area contributed by atoms with Crippen molar-refractivity contribution in [2.75, 3.05) is 24.4 Å². The second-order valence-electron chi connectivity index (χ2n) is 6.78. The monoisotopic (exact) mass is 447 g/mol. The number of fused-ring (bicyclic) bond motifs is 1. The summed E-state index contributed by atoms with van der Waals surface area (Å²) in [5.41, 5.74) is 0.0539. The minimum absolute atomic E-state index is 0.119. The largest absolute Gasteiger partial charge is 0.494 e. The Morgan fingerprint density at radius 1 is 1.25 bits per heavy atom. The van der Waals surface area contributed by atoms with E-state index in [1.807, 2.05) is 0 Å². The number of nitrogens with zero attached hydrogens (tertiary/aromatic N) is 2. The summed E-state index contributed by atoms with van der Waals surface area (Å²) in [4.78, 5) is 31.9. The molecule has 0 spiro atoms. The van der Waals surface area contributed by atoms with Gasteiger partial charge in [-0.3, -0.25) is 4.79 Å². The average molecular weight is 447 g/mol. The highest BCUT2D eigenvalue weighted by atomic mass is 19.4. The smallest absolute Gasteiger partial charge is 0.416 e. The lowest BCUT2D eigenvalue weighted by molar-refractivity contribution is -0.137. The lowest BCUT2D eigenvalue weighted by Crippen LogP contribution is -2.38. The quantitative estimate of drug-likeness (QED) is 0.549. The van der Waals surface area contributed by atoms with Gasteiger partial charge in [0.25, 0.3) is 5.91 Å². The molecule has 3 aromatic rings. The van der Waals surface area contributed by atoms with E-state index in [-0.39, 0.29) is 23.8 Å². The summed E-state index contributed by atoms with van der Waals surface area (Å²) >= 11 is 0. The van der Waals surface area contributed by atoms with Gasteiger partial charge in [0.2, 0.25) is 0 Å². The van der Waals surface area contributed by atoms with Crippen LogP contribution in [0.3, 0.4) is 0 Å². The number of hydrogen-bond donors (Lipinski definition) is 3. The second-order valence-corrected chi connectivity index (χ2v) is 6.78. The van der Waals surface area contributed by atoms with Gasteiger partial charge in [-0.05, 0) is 24.3 Å². The van der Waals surface area contributed by atoms with Crippen LogP contribution in [0.25, 0.3) is 10.9 Å². The summed E-state index contributed by atoms with van der Waals surface area (Å²) in [6.07, 6.45) is -3.94. The molecule has 1 saturated heterocycles. The number of anilines is 3. The molecule has 32 heavy (non-hydrogen) atoms. The lowest BCUT2D eigenvalue weighted by Gasteiger charge is -2.15. The first-order valence-corrected chi connectivity index (χ1v) is 9.26. The van der Waals surface area contributed by atoms with E-state index < -0.39 is 29.8 Å². The summed E-state index contributed by atoms with van der Waals surface area (Å²) in [5, 5.41) is 8.29. The zero-order valence-corrected chi connectivity index (χ0v) is 16.5. The maximum atomic E-state index is 13.0. The SMILES string of the molecule is COc1cc2ncnc(Nc3cccc(C(F)(F)F)c3)c2cc1NC(=O)[C@@H]1COC(=O)N1. The third-order valence-electron chi connectivity index (χ3n) is 4.66. The van der Waals surface area contributed by atoms with Crippen LogP contribution in [0.15, 0.2) is 42.7 Å². The van der Waals surface area contributed by atoms with E-state index in [9.17, 15) is 22.8 Å². The maximum Gasteiger partial charge on any atom is 0.416 e. The number of benzene rings is 2. The highest BCUT2D eigenvalue weighted by Crippen LogP contribution is 2.35. The van der Waals surface area contributed by atoms with Gasteiger partial charge in [-0.2, -0.15) is 13.2 Å². The molecule has 1 aliphatic rings. The molecule has 12 heteroatoms. The molecule has 0 aliphatic carbocycles. The van der Waals surface area contributed by atoms with Crippen LogP contribution < -0.4 is 20.7 Å². The second kappa shape index (κ2) is 8.21. The zero-order chi connectivity index (χ0) is 22.9. The predicted molar refractivity (Wildman–Crippen MR) is 108 cm³/mol. The molecule has 0 saturated carbocycles. The number of halogens is 3. The molecular weight excluding hydrogens is 431 g/mol. The number of rotatable bonds is 5. The van der Waals surface area contributed by atoms with Gasteiger partial charge in [0.15, 0.2) is 0 Å². The number of hydrogen-bond acceptors (Lipinski definition) is 7. The maximum absolute atomic E-state index is 13.0. The number of nitrogens with one attached hydrogen (secondary N) is 3. The number of cyclic esters (lactones) is 1. The Bertz CT molecular complexity index is 1200. The van der Waals surface area contributed by atoms with Crippen molar-refractivity contribution in [1.82, 2.24) is 15.3 Å². The van der Waals surface area contributed by atoms with Crippen molar-refractivity contribution < 1.29 is 32.2 Å². The van der Waals surface area contributed by atoms with Crippen molar-refractivity contribution in [1.29, 1.82) is 0 Å². The first kappa shape index (κ1) is 21.2. The van der Waals surface area contributed by atoms with Gasteiger partial charge in [0.05, 0.1) is 23.9 Å². The van der Waals surface area contributed by atoms with E-state index in [4.69, 9.17) is 9.47 Å². The van der Waals surface area contributed by atoms with Gasteiger partial charge in [0, 0.05) is 17.1 Å². The van der Waals surface area contributed by atoms with Crippen LogP contribution in [-0.2, 0) is 15.7 Å². The minimum atomic E-state index is -4.49. The molecule has 2 aromatic carbocycles. The topological polar surface area (TPSA) is 114 Å². The summed E-state index contributed by atoms with van der Waals surface area (Å²) in [6.45, 7) is -0.119. The molecule has 1 aromatic heterocycles. The summed E-state index contributed by atoms with van der Waals surface area (Å²) in [5.74, 6) is -0.0115. The molecule has 1 aliphatic heterocycles. The van der Waals surface area contributed by atoms with Gasteiger partial charge >= 0.3 is 12.3 Å². The highest BCUT2D eigenvalue weighted by Gasteiger charge is 2.31. The van der Waals surface area contributed by atoms with E-state index in [2.05, 4.69) is 25.9 Å². The number of ether oxygens (including phenoxy) is 2.